The number of rotatable bonds is 6. The molecule has 2 N–H and O–H groups in total. The first-order valence-electron chi connectivity index (χ1n) is 8.01. The number of benzene rings is 1. The van der Waals surface area contributed by atoms with Crippen LogP contribution in [0.15, 0.2) is 29.2 Å². The van der Waals surface area contributed by atoms with Crippen molar-refractivity contribution in [1.29, 1.82) is 0 Å². The number of carboxylic acids is 1. The van der Waals surface area contributed by atoms with Crippen LogP contribution in [0.3, 0.4) is 0 Å². The number of anilines is 1. The molecule has 0 spiro atoms. The van der Waals surface area contributed by atoms with Crippen LogP contribution in [0.2, 0.25) is 0 Å². The van der Waals surface area contributed by atoms with Gasteiger partial charge >= 0.3 is 5.97 Å². The number of carbonyl (C=O) groups excluding carboxylic acids is 2. The highest BCUT2D eigenvalue weighted by Crippen LogP contribution is 2.28. The molecule has 0 aliphatic carbocycles. The summed E-state index contributed by atoms with van der Waals surface area (Å²) in [5, 5.41) is 11.4. The number of hydrogen-bond acceptors (Lipinski definition) is 5. The fraction of sp³-hybridized carbons (Fsp3) is 0.471. The van der Waals surface area contributed by atoms with Gasteiger partial charge in [0.25, 0.3) is 0 Å². The van der Waals surface area contributed by atoms with Crippen LogP contribution in [0.25, 0.3) is 0 Å². The lowest BCUT2D eigenvalue weighted by atomic mass is 10.2. The second-order valence-electron chi connectivity index (χ2n) is 5.82. The van der Waals surface area contributed by atoms with Gasteiger partial charge in [-0.25, -0.2) is 0 Å². The summed E-state index contributed by atoms with van der Waals surface area (Å²) in [5.74, 6) is 0.476. The van der Waals surface area contributed by atoms with Gasteiger partial charge in [-0.3, -0.25) is 14.4 Å². The predicted molar refractivity (Wildman–Crippen MR) is 101 cm³/mol. The molecule has 1 aromatic carbocycles. The van der Waals surface area contributed by atoms with Gasteiger partial charge in [-0.2, -0.15) is 11.8 Å². The fourth-order valence-electron chi connectivity index (χ4n) is 2.62. The number of carbonyl (C=O) groups is 3. The lowest BCUT2D eigenvalue weighted by Crippen LogP contribution is -2.49. The van der Waals surface area contributed by atoms with E-state index in [1.54, 1.807) is 28.8 Å². The predicted octanol–water partition coefficient (Wildman–Crippen LogP) is 2.54. The summed E-state index contributed by atoms with van der Waals surface area (Å²) in [6, 6.07) is 7.08. The molecule has 25 heavy (non-hydrogen) atoms. The first kappa shape index (κ1) is 19.7. The number of carboxylic acid groups (broad SMARTS) is 1. The molecule has 6 nitrogen and oxygen atoms in total. The summed E-state index contributed by atoms with van der Waals surface area (Å²) in [6.45, 7) is 3.88. The van der Waals surface area contributed by atoms with E-state index in [-0.39, 0.29) is 29.5 Å². The van der Waals surface area contributed by atoms with Crippen LogP contribution in [0.1, 0.15) is 20.3 Å². The van der Waals surface area contributed by atoms with Crippen molar-refractivity contribution < 1.29 is 19.5 Å². The third-order valence-corrected chi connectivity index (χ3v) is 5.95. The zero-order valence-corrected chi connectivity index (χ0v) is 15.9. The van der Waals surface area contributed by atoms with Crippen LogP contribution >= 0.6 is 23.5 Å². The van der Waals surface area contributed by atoms with Crippen molar-refractivity contribution in [3.8, 4) is 0 Å². The largest absolute Gasteiger partial charge is 0.481 e. The molecule has 2 atom stereocenters. The summed E-state index contributed by atoms with van der Waals surface area (Å²) in [7, 11) is 0. The van der Waals surface area contributed by atoms with Crippen molar-refractivity contribution in [3.05, 3.63) is 24.3 Å². The SMILES string of the molecule is CC(=O)Nc1ccc(SC(C)C(=O)N2CCSCC2CC(=O)O)cc1. The molecule has 1 fully saturated rings. The Bertz CT molecular complexity index is 636. The quantitative estimate of drug-likeness (QED) is 0.736. The van der Waals surface area contributed by atoms with Crippen LogP contribution < -0.4 is 5.32 Å². The maximum Gasteiger partial charge on any atom is 0.305 e. The number of nitrogens with one attached hydrogen (secondary N) is 1. The van der Waals surface area contributed by atoms with Gasteiger partial charge in [0.2, 0.25) is 11.8 Å². The molecule has 0 aromatic heterocycles. The number of amides is 2. The Morgan fingerprint density at radius 3 is 2.64 bits per heavy atom. The zero-order valence-electron chi connectivity index (χ0n) is 14.2. The maximum absolute atomic E-state index is 12.8. The van der Waals surface area contributed by atoms with E-state index in [4.69, 9.17) is 5.11 Å². The van der Waals surface area contributed by atoms with Crippen molar-refractivity contribution in [2.24, 2.45) is 0 Å². The van der Waals surface area contributed by atoms with Crippen LogP contribution in [0, 0.1) is 0 Å². The zero-order chi connectivity index (χ0) is 18.4. The molecule has 1 aromatic rings. The Kier molecular flexibility index (Phi) is 7.19. The van der Waals surface area contributed by atoms with Gasteiger partial charge in [-0.05, 0) is 31.2 Å². The summed E-state index contributed by atoms with van der Waals surface area (Å²) >= 11 is 3.13. The van der Waals surface area contributed by atoms with Crippen molar-refractivity contribution in [3.63, 3.8) is 0 Å². The molecule has 2 amide bonds. The summed E-state index contributed by atoms with van der Waals surface area (Å²) in [5.41, 5.74) is 0.713. The minimum absolute atomic E-state index is 0.0124. The van der Waals surface area contributed by atoms with Gasteiger partial charge in [0, 0.05) is 35.6 Å². The minimum Gasteiger partial charge on any atom is -0.481 e. The number of nitrogens with zero attached hydrogens (tertiary/aromatic N) is 1. The van der Waals surface area contributed by atoms with Gasteiger partial charge in [-0.15, -0.1) is 11.8 Å². The van der Waals surface area contributed by atoms with Crippen LogP contribution in [-0.4, -0.2) is 57.1 Å². The third kappa shape index (κ3) is 5.97. The Morgan fingerprint density at radius 2 is 2.04 bits per heavy atom. The maximum atomic E-state index is 12.8. The summed E-state index contributed by atoms with van der Waals surface area (Å²) < 4.78 is 0. The van der Waals surface area contributed by atoms with Crippen molar-refractivity contribution in [2.75, 3.05) is 23.4 Å². The molecule has 1 aliphatic rings. The lowest BCUT2D eigenvalue weighted by molar-refractivity contribution is -0.140. The topological polar surface area (TPSA) is 86.7 Å². The van der Waals surface area contributed by atoms with Crippen LogP contribution in [0.4, 0.5) is 5.69 Å². The van der Waals surface area contributed by atoms with Gasteiger partial charge in [0.1, 0.15) is 0 Å². The highest BCUT2D eigenvalue weighted by molar-refractivity contribution is 8.00. The molecule has 2 unspecified atom stereocenters. The minimum atomic E-state index is -0.876. The Balaban J connectivity index is 1.98. The highest BCUT2D eigenvalue weighted by Gasteiger charge is 2.31. The van der Waals surface area contributed by atoms with Crippen molar-refractivity contribution >= 4 is 47.0 Å². The monoisotopic (exact) mass is 382 g/mol. The number of thioether (sulfide) groups is 2. The molecule has 1 saturated heterocycles. The van der Waals surface area contributed by atoms with Crippen LogP contribution in [0.5, 0.6) is 0 Å². The molecule has 0 radical (unpaired) electrons. The molecule has 1 aliphatic heterocycles. The van der Waals surface area contributed by atoms with Crippen molar-refractivity contribution in [1.82, 2.24) is 4.90 Å². The highest BCUT2D eigenvalue weighted by atomic mass is 32.2. The molecule has 0 bridgehead atoms. The van der Waals surface area contributed by atoms with Gasteiger partial charge in [0.05, 0.1) is 17.7 Å². The van der Waals surface area contributed by atoms with Crippen molar-refractivity contribution in [2.45, 2.75) is 36.5 Å². The molecular formula is C17H22N2O4S2. The average molecular weight is 383 g/mol. The Labute approximate surface area is 155 Å². The number of aliphatic carboxylic acids is 1. The Morgan fingerprint density at radius 1 is 1.36 bits per heavy atom. The van der Waals surface area contributed by atoms with E-state index < -0.39 is 5.97 Å². The van der Waals surface area contributed by atoms with E-state index >= 15 is 0 Å². The van der Waals surface area contributed by atoms with Gasteiger partial charge < -0.3 is 15.3 Å². The standard InChI is InChI=1S/C17H22N2O4S2/c1-11(25-15-5-3-13(4-6-15)18-12(2)20)17(23)19-7-8-24-10-14(19)9-16(21)22/h3-6,11,14H,7-10H2,1-2H3,(H,18,20)(H,21,22). The molecular weight excluding hydrogens is 360 g/mol. The molecule has 2 rings (SSSR count). The van der Waals surface area contributed by atoms with E-state index in [2.05, 4.69) is 5.32 Å². The summed E-state index contributed by atoms with van der Waals surface area (Å²) in [6.07, 6.45) is -0.0124. The van der Waals surface area contributed by atoms with Gasteiger partial charge in [0.15, 0.2) is 0 Å². The van der Waals surface area contributed by atoms with E-state index in [0.717, 1.165) is 10.6 Å². The lowest BCUT2D eigenvalue weighted by Gasteiger charge is -2.36. The van der Waals surface area contributed by atoms with E-state index in [0.29, 0.717) is 18.0 Å². The first-order chi connectivity index (χ1) is 11.9. The molecule has 0 saturated carbocycles. The molecule has 136 valence electrons. The van der Waals surface area contributed by atoms with E-state index in [1.807, 2.05) is 19.1 Å². The molecule has 8 heteroatoms. The smallest absolute Gasteiger partial charge is 0.305 e. The number of hydrogen-bond donors (Lipinski definition) is 2. The normalized spacial score (nSPS) is 18.5. The summed E-state index contributed by atoms with van der Waals surface area (Å²) in [4.78, 5) is 37.5. The Hall–Kier alpha value is -1.67. The molecule has 1 heterocycles. The van der Waals surface area contributed by atoms with E-state index in [9.17, 15) is 14.4 Å². The third-order valence-electron chi connectivity index (χ3n) is 3.76. The fourth-order valence-corrected chi connectivity index (χ4v) is 4.62. The van der Waals surface area contributed by atoms with E-state index in [1.165, 1.54) is 18.7 Å². The van der Waals surface area contributed by atoms with Gasteiger partial charge in [-0.1, -0.05) is 0 Å². The average Bonchev–Trinajstić information content (AvgIpc) is 2.55. The van der Waals surface area contributed by atoms with Crippen LogP contribution in [-0.2, 0) is 14.4 Å². The second-order valence-corrected chi connectivity index (χ2v) is 8.39. The second kappa shape index (κ2) is 9.15. The first-order valence-corrected chi connectivity index (χ1v) is 10.0.